The monoisotopic (exact) mass is 354 g/mol. The molecule has 0 radical (unpaired) electrons. The van der Waals surface area contributed by atoms with Crippen molar-refractivity contribution in [3.05, 3.63) is 47.2 Å². The Labute approximate surface area is 156 Å². The fourth-order valence-corrected chi connectivity index (χ4v) is 5.45. The van der Waals surface area contributed by atoms with Gasteiger partial charge in [-0.05, 0) is 47.6 Å². The maximum Gasteiger partial charge on any atom is 0.212 e. The average molecular weight is 355 g/mol. The van der Waals surface area contributed by atoms with E-state index in [0.29, 0.717) is 11.8 Å². The number of hydrogen-bond donors (Lipinski definition) is 0. The molecule has 1 nitrogen and oxygen atoms in total. The summed E-state index contributed by atoms with van der Waals surface area (Å²) < 4.78 is 2.32. The highest BCUT2D eigenvalue weighted by atomic mass is 28.3. The molecule has 0 N–H and O–H groups in total. The lowest BCUT2D eigenvalue weighted by molar-refractivity contribution is -0.660. The maximum atomic E-state index is 2.48. The Balaban J connectivity index is 2.60. The summed E-state index contributed by atoms with van der Waals surface area (Å²) in [6.45, 7) is 18.8. The van der Waals surface area contributed by atoms with Crippen LogP contribution in [0.25, 0.3) is 11.3 Å². The Morgan fingerprint density at radius 3 is 2.12 bits per heavy atom. The second-order valence-corrected chi connectivity index (χ2v) is 14.3. The smallest absolute Gasteiger partial charge is 0.201 e. The average Bonchev–Trinajstić information content (AvgIpc) is 2.45. The molecular weight excluding hydrogens is 318 g/mol. The summed E-state index contributed by atoms with van der Waals surface area (Å²) in [5.41, 5.74) is 7.05. The quantitative estimate of drug-likeness (QED) is 0.503. The predicted octanol–water partition coefficient (Wildman–Crippen LogP) is 5.35. The maximum absolute atomic E-state index is 2.48. The van der Waals surface area contributed by atoms with Gasteiger partial charge in [0, 0.05) is 17.2 Å². The molecule has 136 valence electrons. The van der Waals surface area contributed by atoms with Gasteiger partial charge in [0.15, 0.2) is 6.20 Å². The zero-order valence-corrected chi connectivity index (χ0v) is 18.7. The molecule has 0 amide bonds. The molecule has 0 aliphatic rings. The molecule has 1 heterocycles. The summed E-state index contributed by atoms with van der Waals surface area (Å²) in [6.07, 6.45) is 3.52. The van der Waals surface area contributed by atoms with E-state index in [-0.39, 0.29) is 0 Å². The van der Waals surface area contributed by atoms with E-state index in [0.717, 1.165) is 6.42 Å². The Kier molecular flexibility index (Phi) is 5.93. The minimum atomic E-state index is -1.39. The summed E-state index contributed by atoms with van der Waals surface area (Å²) in [4.78, 5) is 0. The lowest BCUT2D eigenvalue weighted by atomic mass is 9.96. The van der Waals surface area contributed by atoms with Crippen molar-refractivity contribution in [2.75, 3.05) is 0 Å². The van der Waals surface area contributed by atoms with Gasteiger partial charge in [-0.2, -0.15) is 0 Å². The summed E-state index contributed by atoms with van der Waals surface area (Å²) in [5, 5.41) is 1.60. The number of aryl methyl sites for hydroxylation is 2. The molecule has 0 spiro atoms. The highest BCUT2D eigenvalue weighted by molar-refractivity contribution is 6.89. The Bertz CT molecular complexity index is 751. The Morgan fingerprint density at radius 1 is 1.00 bits per heavy atom. The first-order valence-corrected chi connectivity index (χ1v) is 13.1. The van der Waals surface area contributed by atoms with Gasteiger partial charge in [-0.1, -0.05) is 59.5 Å². The van der Waals surface area contributed by atoms with Crippen LogP contribution in [0.5, 0.6) is 0 Å². The first kappa shape index (κ1) is 19.9. The van der Waals surface area contributed by atoms with E-state index >= 15 is 0 Å². The van der Waals surface area contributed by atoms with Crippen LogP contribution in [0.3, 0.4) is 0 Å². The van der Waals surface area contributed by atoms with Crippen molar-refractivity contribution in [1.82, 2.24) is 0 Å². The molecule has 2 aromatic rings. The van der Waals surface area contributed by atoms with Crippen LogP contribution >= 0.6 is 0 Å². The van der Waals surface area contributed by atoms with Crippen LogP contribution in [0.1, 0.15) is 50.3 Å². The summed E-state index contributed by atoms with van der Waals surface area (Å²) in [6, 6.07) is 9.49. The van der Waals surface area contributed by atoms with Gasteiger partial charge in [0.25, 0.3) is 0 Å². The molecule has 0 unspecified atom stereocenters. The minimum absolute atomic E-state index is 0.566. The number of hydrogen-bond acceptors (Lipinski definition) is 0. The summed E-state index contributed by atoms with van der Waals surface area (Å²) in [7, 11) is 0.800. The van der Waals surface area contributed by atoms with Gasteiger partial charge in [0.2, 0.25) is 5.69 Å². The normalized spacial score (nSPS) is 12.3. The summed E-state index contributed by atoms with van der Waals surface area (Å²) >= 11 is 0. The zero-order chi connectivity index (χ0) is 18.9. The van der Waals surface area contributed by atoms with Crippen molar-refractivity contribution in [2.24, 2.45) is 13.0 Å². The first-order chi connectivity index (χ1) is 11.5. The van der Waals surface area contributed by atoms with E-state index < -0.39 is 8.07 Å². The van der Waals surface area contributed by atoms with Gasteiger partial charge in [-0.25, -0.2) is 4.57 Å². The van der Waals surface area contributed by atoms with Crippen LogP contribution in [-0.4, -0.2) is 8.07 Å². The van der Waals surface area contributed by atoms with Gasteiger partial charge < -0.3 is 0 Å². The van der Waals surface area contributed by atoms with E-state index in [4.69, 9.17) is 0 Å². The molecule has 0 atom stereocenters. The molecule has 0 saturated carbocycles. The largest absolute Gasteiger partial charge is 0.212 e. The molecule has 2 rings (SSSR count). The second kappa shape index (κ2) is 7.45. The molecule has 0 bridgehead atoms. The van der Waals surface area contributed by atoms with Crippen molar-refractivity contribution in [3.63, 3.8) is 0 Å². The van der Waals surface area contributed by atoms with Crippen LogP contribution in [0.15, 0.2) is 30.5 Å². The standard InChI is InChI=1S/C23H36NSi/c1-16(2)12-19-10-11-20(18(5)13-19)22-14-23(25(7,8)9)21(17(3)4)15-24(22)6/h10-11,13-17H,12H2,1-9H3/q+1. The molecule has 0 aliphatic heterocycles. The Hall–Kier alpha value is -1.41. The van der Waals surface area contributed by atoms with Crippen LogP contribution in [0.4, 0.5) is 0 Å². The van der Waals surface area contributed by atoms with Crippen LogP contribution in [0, 0.1) is 12.8 Å². The van der Waals surface area contributed by atoms with Gasteiger partial charge in [0.05, 0.1) is 8.07 Å². The minimum Gasteiger partial charge on any atom is -0.201 e. The van der Waals surface area contributed by atoms with Gasteiger partial charge in [0.1, 0.15) is 7.05 Å². The van der Waals surface area contributed by atoms with Crippen LogP contribution in [-0.2, 0) is 13.5 Å². The van der Waals surface area contributed by atoms with Crippen molar-refractivity contribution >= 4 is 13.3 Å². The number of rotatable bonds is 5. The molecule has 2 heteroatoms. The zero-order valence-electron chi connectivity index (χ0n) is 17.7. The van der Waals surface area contributed by atoms with Gasteiger partial charge >= 0.3 is 0 Å². The lowest BCUT2D eigenvalue weighted by Gasteiger charge is -2.23. The van der Waals surface area contributed by atoms with E-state index in [2.05, 4.69) is 96.3 Å². The third-order valence-corrected chi connectivity index (χ3v) is 6.99. The number of aromatic nitrogens is 1. The van der Waals surface area contributed by atoms with Crippen molar-refractivity contribution < 1.29 is 4.57 Å². The molecule has 1 aromatic heterocycles. The second-order valence-electron chi connectivity index (χ2n) is 9.29. The van der Waals surface area contributed by atoms with E-state index in [9.17, 15) is 0 Å². The summed E-state index contributed by atoms with van der Waals surface area (Å²) in [5.74, 6) is 1.27. The Morgan fingerprint density at radius 2 is 1.64 bits per heavy atom. The number of benzene rings is 1. The molecular formula is C23H36NSi+. The van der Waals surface area contributed by atoms with Crippen molar-refractivity contribution in [3.8, 4) is 11.3 Å². The fourth-order valence-electron chi connectivity index (χ4n) is 3.66. The van der Waals surface area contributed by atoms with Crippen molar-refractivity contribution in [1.29, 1.82) is 0 Å². The number of nitrogens with zero attached hydrogens (tertiary/aromatic N) is 1. The first-order valence-electron chi connectivity index (χ1n) is 9.64. The van der Waals surface area contributed by atoms with E-state index in [1.165, 1.54) is 27.9 Å². The highest BCUT2D eigenvalue weighted by Gasteiger charge is 2.27. The van der Waals surface area contributed by atoms with E-state index in [1.54, 1.807) is 5.19 Å². The predicted molar refractivity (Wildman–Crippen MR) is 113 cm³/mol. The third-order valence-electron chi connectivity index (χ3n) is 4.95. The third kappa shape index (κ3) is 4.61. The molecule has 1 aromatic carbocycles. The van der Waals surface area contributed by atoms with Crippen LogP contribution < -0.4 is 9.75 Å². The van der Waals surface area contributed by atoms with Crippen molar-refractivity contribution in [2.45, 2.75) is 66.6 Å². The van der Waals surface area contributed by atoms with Gasteiger partial charge in [-0.15, -0.1) is 0 Å². The molecule has 0 fully saturated rings. The number of pyridine rings is 1. The molecule has 0 saturated heterocycles. The molecule has 0 aliphatic carbocycles. The molecule has 25 heavy (non-hydrogen) atoms. The van der Waals surface area contributed by atoms with Crippen LogP contribution in [0.2, 0.25) is 19.6 Å². The fraction of sp³-hybridized carbons (Fsp3) is 0.522. The van der Waals surface area contributed by atoms with Gasteiger partial charge in [-0.3, -0.25) is 0 Å². The highest BCUT2D eigenvalue weighted by Crippen LogP contribution is 2.25. The lowest BCUT2D eigenvalue weighted by Crippen LogP contribution is -2.45. The van der Waals surface area contributed by atoms with E-state index in [1.807, 2.05) is 0 Å². The topological polar surface area (TPSA) is 3.88 Å². The SMILES string of the molecule is Cc1cc(CC(C)C)ccc1-c1cc([Si](C)(C)C)c(C(C)C)c[n+]1C.